The minimum Gasteiger partial charge on any atom is -0.469 e. The van der Waals surface area contributed by atoms with E-state index in [2.05, 4.69) is 21.9 Å². The Labute approximate surface area is 230 Å². The Morgan fingerprint density at radius 2 is 1.77 bits per heavy atom. The van der Waals surface area contributed by atoms with Gasteiger partial charge in [-0.05, 0) is 55.0 Å². The largest absolute Gasteiger partial charge is 0.469 e. The van der Waals surface area contributed by atoms with Crippen LogP contribution in [0.1, 0.15) is 29.3 Å². The molecule has 39 heavy (non-hydrogen) atoms. The number of ether oxygens (including phenoxy) is 2. The van der Waals surface area contributed by atoms with Crippen molar-refractivity contribution >= 4 is 41.0 Å². The first-order valence-electron chi connectivity index (χ1n) is 11.9. The Hall–Kier alpha value is -4.70. The van der Waals surface area contributed by atoms with Gasteiger partial charge in [0.05, 0.1) is 25.8 Å². The molecule has 2 amide bonds. The molecule has 2 aromatic carbocycles. The van der Waals surface area contributed by atoms with Crippen molar-refractivity contribution in [1.29, 1.82) is 0 Å². The second kappa shape index (κ2) is 12.2. The minimum atomic E-state index is -0.463. The molecule has 3 aromatic rings. The summed E-state index contributed by atoms with van der Waals surface area (Å²) in [6.45, 7) is 6.00. The Morgan fingerprint density at radius 1 is 1.05 bits per heavy atom. The third-order valence-electron chi connectivity index (χ3n) is 5.80. The van der Waals surface area contributed by atoms with Gasteiger partial charge in [0, 0.05) is 29.4 Å². The summed E-state index contributed by atoms with van der Waals surface area (Å²) < 4.78 is 10.5. The summed E-state index contributed by atoms with van der Waals surface area (Å²) in [7, 11) is 1.29. The van der Waals surface area contributed by atoms with Gasteiger partial charge in [-0.25, -0.2) is 14.8 Å². The van der Waals surface area contributed by atoms with Crippen molar-refractivity contribution in [2.45, 2.75) is 19.9 Å². The van der Waals surface area contributed by atoms with Gasteiger partial charge in [0.25, 0.3) is 0 Å². The number of hydrogen-bond acceptors (Lipinski definition) is 7. The molecule has 200 valence electrons. The van der Waals surface area contributed by atoms with Gasteiger partial charge < -0.3 is 9.47 Å². The smallest absolute Gasteiger partial charge is 0.329 e. The number of ketones is 1. The Bertz CT molecular complexity index is 1410. The van der Waals surface area contributed by atoms with Crippen LogP contribution in [0.4, 0.5) is 10.5 Å². The lowest BCUT2D eigenvalue weighted by Gasteiger charge is -2.39. The molecule has 0 unspecified atom stereocenters. The van der Waals surface area contributed by atoms with E-state index >= 15 is 0 Å². The Balaban J connectivity index is 1.55. The highest BCUT2D eigenvalue weighted by Gasteiger charge is 2.32. The highest BCUT2D eigenvalue weighted by molar-refractivity contribution is 6.30. The average molecular weight is 548 g/mol. The van der Waals surface area contributed by atoms with Crippen LogP contribution in [0.3, 0.4) is 0 Å². The van der Waals surface area contributed by atoms with E-state index in [1.807, 2.05) is 12.1 Å². The van der Waals surface area contributed by atoms with Crippen LogP contribution in [0.2, 0.25) is 5.02 Å². The molecule has 0 atom stereocenters. The molecule has 0 radical (unpaired) electrons. The fraction of sp³-hybridized carbons (Fsp3) is 0.179. The third-order valence-corrected chi connectivity index (χ3v) is 6.05. The molecular formula is C28H26ClN5O5. The van der Waals surface area contributed by atoms with E-state index in [-0.39, 0.29) is 24.7 Å². The number of pyridine rings is 1. The molecule has 1 aromatic heterocycles. The zero-order valence-electron chi connectivity index (χ0n) is 21.4. The minimum absolute atomic E-state index is 0.0119. The second-order valence-corrected chi connectivity index (χ2v) is 8.95. The Kier molecular flexibility index (Phi) is 8.57. The SMILES string of the molecule is C=C1N(CCC(=O)OC)C(=O)NC(=Nc2ccc(Oc3ccc(C(C)=O)cn3)cc2)N1Cc1ccc(Cl)cc1. The lowest BCUT2D eigenvalue weighted by Crippen LogP contribution is -2.57. The lowest BCUT2D eigenvalue weighted by molar-refractivity contribution is -0.140. The second-order valence-electron chi connectivity index (χ2n) is 8.51. The van der Waals surface area contributed by atoms with Gasteiger partial charge in [0.2, 0.25) is 11.8 Å². The summed E-state index contributed by atoms with van der Waals surface area (Å²) in [4.78, 5) is 47.9. The Morgan fingerprint density at radius 3 is 2.38 bits per heavy atom. The van der Waals surface area contributed by atoms with Crippen LogP contribution in [0.15, 0.2) is 84.3 Å². The van der Waals surface area contributed by atoms with E-state index in [1.165, 1.54) is 25.1 Å². The molecule has 0 aliphatic carbocycles. The number of nitrogens with zero attached hydrogens (tertiary/aromatic N) is 4. The van der Waals surface area contributed by atoms with Crippen LogP contribution < -0.4 is 10.1 Å². The monoisotopic (exact) mass is 547 g/mol. The number of hydrogen-bond donors (Lipinski definition) is 1. The molecule has 1 aliphatic rings. The maximum atomic E-state index is 12.9. The number of esters is 1. The van der Waals surface area contributed by atoms with Gasteiger partial charge in [-0.3, -0.25) is 24.7 Å². The highest BCUT2D eigenvalue weighted by atomic mass is 35.5. The van der Waals surface area contributed by atoms with E-state index in [1.54, 1.807) is 53.4 Å². The van der Waals surface area contributed by atoms with E-state index in [0.717, 1.165) is 5.56 Å². The molecule has 2 heterocycles. The molecule has 1 N–H and O–H groups in total. The molecular weight excluding hydrogens is 522 g/mol. The number of guanidine groups is 1. The number of carbonyl (C=O) groups is 3. The quantitative estimate of drug-likeness (QED) is 0.286. The molecule has 11 heteroatoms. The zero-order valence-corrected chi connectivity index (χ0v) is 22.1. The lowest BCUT2D eigenvalue weighted by atomic mass is 10.2. The van der Waals surface area contributed by atoms with Crippen LogP contribution in [0, 0.1) is 0 Å². The number of aromatic nitrogens is 1. The highest BCUT2D eigenvalue weighted by Crippen LogP contribution is 2.26. The predicted molar refractivity (Wildman–Crippen MR) is 146 cm³/mol. The number of halogens is 1. The van der Waals surface area contributed by atoms with Gasteiger partial charge in [-0.15, -0.1) is 0 Å². The summed E-state index contributed by atoms with van der Waals surface area (Å²) in [5.41, 5.74) is 1.95. The number of Topliss-reactive ketones (excluding diaryl/α,β-unsaturated/α-hetero) is 1. The van der Waals surface area contributed by atoms with Gasteiger partial charge in [0.1, 0.15) is 11.6 Å². The number of methoxy groups -OCH3 is 1. The molecule has 4 rings (SSSR count). The normalized spacial score (nSPS) is 14.3. The fourth-order valence-electron chi connectivity index (χ4n) is 3.66. The van der Waals surface area contributed by atoms with Crippen molar-refractivity contribution in [2.75, 3.05) is 13.7 Å². The van der Waals surface area contributed by atoms with Crippen molar-refractivity contribution < 1.29 is 23.9 Å². The van der Waals surface area contributed by atoms with Gasteiger partial charge >= 0.3 is 12.0 Å². The van der Waals surface area contributed by atoms with Crippen molar-refractivity contribution in [3.63, 3.8) is 0 Å². The molecule has 0 bridgehead atoms. The van der Waals surface area contributed by atoms with Crippen molar-refractivity contribution in [1.82, 2.24) is 20.1 Å². The zero-order chi connectivity index (χ0) is 27.9. The van der Waals surface area contributed by atoms with Crippen LogP contribution in [-0.4, -0.2) is 52.2 Å². The number of benzene rings is 2. The molecule has 1 fully saturated rings. The first-order valence-corrected chi connectivity index (χ1v) is 12.3. The van der Waals surface area contributed by atoms with Crippen LogP contribution in [0.25, 0.3) is 0 Å². The average Bonchev–Trinajstić information content (AvgIpc) is 2.93. The van der Waals surface area contributed by atoms with Crippen LogP contribution >= 0.6 is 11.6 Å². The van der Waals surface area contributed by atoms with E-state index in [4.69, 9.17) is 21.1 Å². The summed E-state index contributed by atoms with van der Waals surface area (Å²) in [5.74, 6) is 0.973. The topological polar surface area (TPSA) is 113 Å². The molecule has 1 aliphatic heterocycles. The maximum absolute atomic E-state index is 12.9. The summed E-state index contributed by atoms with van der Waals surface area (Å²) in [6.07, 6.45) is 1.47. The molecule has 10 nitrogen and oxygen atoms in total. The third kappa shape index (κ3) is 6.99. The number of carbonyl (C=O) groups excluding carboxylic acids is 3. The van der Waals surface area contributed by atoms with Crippen molar-refractivity contribution in [3.05, 3.63) is 95.4 Å². The molecule has 0 saturated carbocycles. The number of aliphatic imine (C=N–C) groups is 1. The maximum Gasteiger partial charge on any atom is 0.329 e. The van der Waals surface area contributed by atoms with Crippen LogP contribution in [0.5, 0.6) is 11.6 Å². The van der Waals surface area contributed by atoms with Crippen LogP contribution in [-0.2, 0) is 16.1 Å². The summed E-state index contributed by atoms with van der Waals surface area (Å²) in [5, 5.41) is 3.40. The first-order chi connectivity index (χ1) is 18.7. The van der Waals surface area contributed by atoms with Gasteiger partial charge in [-0.2, -0.15) is 0 Å². The number of rotatable bonds is 9. The molecule has 1 saturated heterocycles. The van der Waals surface area contributed by atoms with Crippen molar-refractivity contribution in [3.8, 4) is 11.6 Å². The van der Waals surface area contributed by atoms with E-state index < -0.39 is 12.0 Å². The predicted octanol–water partition coefficient (Wildman–Crippen LogP) is 5.28. The van der Waals surface area contributed by atoms with E-state index in [9.17, 15) is 14.4 Å². The first kappa shape index (κ1) is 27.3. The number of urea groups is 1. The van der Waals surface area contributed by atoms with Crippen molar-refractivity contribution in [2.24, 2.45) is 4.99 Å². The summed E-state index contributed by atoms with van der Waals surface area (Å²) >= 11 is 6.04. The van der Waals surface area contributed by atoms with Gasteiger partial charge in [0.15, 0.2) is 5.78 Å². The van der Waals surface area contributed by atoms with E-state index in [0.29, 0.717) is 40.3 Å². The number of amides is 2. The number of nitrogens with one attached hydrogen (secondary N) is 1. The summed E-state index contributed by atoms with van der Waals surface area (Å²) in [6, 6.07) is 17.0. The van der Waals surface area contributed by atoms with Gasteiger partial charge in [-0.1, -0.05) is 30.3 Å². The molecule has 0 spiro atoms. The standard InChI is InChI=1S/C28H26ClN5O5/c1-18(35)21-6-13-25(30-16-21)39-24-11-9-23(10-12-24)31-27-32-28(37)33(15-14-26(36)38-3)19(2)34(27)17-20-4-7-22(29)8-5-20/h4-13,16H,2,14-15,17H2,1,3H3,(H,31,32,37). The fourth-order valence-corrected chi connectivity index (χ4v) is 3.79.